The van der Waals surface area contributed by atoms with Gasteiger partial charge in [-0.15, -0.1) is 0 Å². The van der Waals surface area contributed by atoms with Gasteiger partial charge in [-0.2, -0.15) is 0 Å². The Labute approximate surface area is 202 Å². The van der Waals surface area contributed by atoms with Gasteiger partial charge in [-0.05, 0) is 46.9 Å². The summed E-state index contributed by atoms with van der Waals surface area (Å²) in [5.74, 6) is -2.74. The van der Waals surface area contributed by atoms with Crippen molar-refractivity contribution in [2.45, 2.75) is 25.3 Å². The quantitative estimate of drug-likeness (QED) is 0.493. The van der Waals surface area contributed by atoms with E-state index in [1.54, 1.807) is 6.92 Å². The van der Waals surface area contributed by atoms with E-state index in [2.05, 4.69) is 5.32 Å². The lowest BCUT2D eigenvalue weighted by Gasteiger charge is -2.25. The van der Waals surface area contributed by atoms with Crippen LogP contribution in [0, 0.1) is 5.82 Å². The van der Waals surface area contributed by atoms with Crippen LogP contribution in [0.5, 0.6) is 0 Å². The van der Waals surface area contributed by atoms with E-state index in [4.69, 9.17) is 4.74 Å². The van der Waals surface area contributed by atoms with Gasteiger partial charge >= 0.3 is 12.1 Å². The number of aliphatic carboxylic acids is 1. The van der Waals surface area contributed by atoms with Gasteiger partial charge in [0.25, 0.3) is 5.91 Å². The first-order valence-electron chi connectivity index (χ1n) is 11.2. The Morgan fingerprint density at radius 3 is 2.20 bits per heavy atom. The van der Waals surface area contributed by atoms with Crippen LogP contribution >= 0.6 is 0 Å². The highest BCUT2D eigenvalue weighted by molar-refractivity contribution is 6.03. The summed E-state index contributed by atoms with van der Waals surface area (Å²) < 4.78 is 19.5. The van der Waals surface area contributed by atoms with Crippen molar-refractivity contribution in [3.05, 3.63) is 89.2 Å². The van der Waals surface area contributed by atoms with Crippen LogP contribution in [0.25, 0.3) is 11.1 Å². The maximum Gasteiger partial charge on any atom is 0.411 e. The van der Waals surface area contributed by atoms with E-state index in [0.29, 0.717) is 0 Å². The molecule has 2 N–H and O–H groups in total. The van der Waals surface area contributed by atoms with E-state index in [9.17, 15) is 23.9 Å². The fraction of sp³-hybridized carbons (Fsp3) is 0.222. The monoisotopic (exact) mass is 476 g/mol. The second-order valence-electron chi connectivity index (χ2n) is 8.32. The summed E-state index contributed by atoms with van der Waals surface area (Å²) in [6.07, 6.45) is -0.636. The molecule has 0 aromatic heterocycles. The van der Waals surface area contributed by atoms with E-state index in [-0.39, 0.29) is 30.2 Å². The average molecular weight is 477 g/mol. The van der Waals surface area contributed by atoms with Crippen LogP contribution in [-0.2, 0) is 9.53 Å². The Hall–Kier alpha value is -4.20. The minimum Gasteiger partial charge on any atom is -0.480 e. The smallest absolute Gasteiger partial charge is 0.411 e. The first-order valence-corrected chi connectivity index (χ1v) is 11.2. The lowest BCUT2D eigenvalue weighted by atomic mass is 9.98. The number of carbonyl (C=O) groups is 3. The number of benzene rings is 3. The molecule has 4 rings (SSSR count). The van der Waals surface area contributed by atoms with Gasteiger partial charge in [-0.3, -0.25) is 10.1 Å². The Morgan fingerprint density at radius 2 is 1.63 bits per heavy atom. The average Bonchev–Trinajstić information content (AvgIpc) is 3.17. The number of anilines is 1. The predicted octanol–water partition coefficient (Wildman–Crippen LogP) is 5.12. The molecule has 0 bridgehead atoms. The third kappa shape index (κ3) is 4.73. The molecule has 1 unspecified atom stereocenters. The zero-order valence-corrected chi connectivity index (χ0v) is 19.3. The van der Waals surface area contributed by atoms with Gasteiger partial charge in [0, 0.05) is 13.0 Å². The molecule has 0 fully saturated rings. The molecule has 35 heavy (non-hydrogen) atoms. The summed E-state index contributed by atoms with van der Waals surface area (Å²) in [5, 5.41) is 11.9. The molecule has 0 saturated carbocycles. The number of rotatable bonds is 7. The number of nitrogens with zero attached hydrogens (tertiary/aromatic N) is 1. The molecule has 0 spiro atoms. The molecule has 7 nitrogen and oxygen atoms in total. The SMILES string of the molecule is CCC(C(=O)O)N(C)C(=O)c1cc(F)ccc1NC(=O)OCC1c2ccccc2-c2ccccc21. The van der Waals surface area contributed by atoms with E-state index in [1.807, 2.05) is 48.5 Å². The molecule has 3 aromatic carbocycles. The molecule has 0 radical (unpaired) electrons. The second kappa shape index (κ2) is 9.97. The molecular formula is C27H25FN2O5. The van der Waals surface area contributed by atoms with Gasteiger partial charge in [-0.1, -0.05) is 55.5 Å². The Balaban J connectivity index is 1.51. The highest BCUT2D eigenvalue weighted by atomic mass is 19.1. The van der Waals surface area contributed by atoms with Crippen molar-refractivity contribution in [3.8, 4) is 11.1 Å². The van der Waals surface area contributed by atoms with Crippen molar-refractivity contribution >= 4 is 23.7 Å². The largest absolute Gasteiger partial charge is 0.480 e. The summed E-state index contributed by atoms with van der Waals surface area (Å²) in [4.78, 5) is 38.1. The van der Waals surface area contributed by atoms with Crippen LogP contribution in [0.2, 0.25) is 0 Å². The summed E-state index contributed by atoms with van der Waals surface area (Å²) >= 11 is 0. The van der Waals surface area contributed by atoms with Crippen molar-refractivity contribution < 1.29 is 28.6 Å². The normalized spacial score (nSPS) is 12.9. The van der Waals surface area contributed by atoms with E-state index in [0.717, 1.165) is 39.3 Å². The fourth-order valence-electron chi connectivity index (χ4n) is 4.49. The molecule has 180 valence electrons. The number of halogens is 1. The molecule has 3 aromatic rings. The van der Waals surface area contributed by atoms with Crippen LogP contribution < -0.4 is 5.32 Å². The van der Waals surface area contributed by atoms with Gasteiger partial charge < -0.3 is 14.7 Å². The molecular weight excluding hydrogens is 451 g/mol. The van der Waals surface area contributed by atoms with Crippen molar-refractivity contribution in [1.29, 1.82) is 0 Å². The van der Waals surface area contributed by atoms with Gasteiger partial charge in [0.2, 0.25) is 0 Å². The number of hydrogen-bond acceptors (Lipinski definition) is 4. The third-order valence-corrected chi connectivity index (χ3v) is 6.25. The number of carboxylic acid groups (broad SMARTS) is 1. The summed E-state index contributed by atoms with van der Waals surface area (Å²) in [7, 11) is 1.33. The molecule has 2 amide bonds. The number of nitrogens with one attached hydrogen (secondary N) is 1. The zero-order chi connectivity index (χ0) is 25.1. The first-order chi connectivity index (χ1) is 16.8. The maximum absolute atomic E-state index is 14.0. The van der Waals surface area contributed by atoms with Crippen molar-refractivity contribution in [2.75, 3.05) is 19.0 Å². The third-order valence-electron chi connectivity index (χ3n) is 6.25. The molecule has 1 atom stereocenters. The van der Waals surface area contributed by atoms with Gasteiger partial charge in [0.05, 0.1) is 11.3 Å². The van der Waals surface area contributed by atoms with Gasteiger partial charge in [0.1, 0.15) is 18.5 Å². The standard InChI is InChI=1S/C27H25FN2O5/c1-3-24(26(32)33)30(2)25(31)21-14-16(28)12-13-23(21)29-27(34)35-15-22-19-10-6-4-8-17(19)18-9-5-7-11-20(18)22/h4-14,22,24H,3,15H2,1-2H3,(H,29,34)(H,32,33). The van der Waals surface area contributed by atoms with Crippen LogP contribution in [-0.4, -0.2) is 47.7 Å². The van der Waals surface area contributed by atoms with E-state index >= 15 is 0 Å². The Morgan fingerprint density at radius 1 is 1.03 bits per heavy atom. The Kier molecular flexibility index (Phi) is 6.82. The highest BCUT2D eigenvalue weighted by Crippen LogP contribution is 2.44. The molecule has 0 aliphatic heterocycles. The van der Waals surface area contributed by atoms with Crippen LogP contribution in [0.4, 0.5) is 14.9 Å². The van der Waals surface area contributed by atoms with Gasteiger partial charge in [0.15, 0.2) is 0 Å². The second-order valence-corrected chi connectivity index (χ2v) is 8.32. The summed E-state index contributed by atoms with van der Waals surface area (Å²) in [5.41, 5.74) is 4.16. The molecule has 8 heteroatoms. The predicted molar refractivity (Wildman–Crippen MR) is 129 cm³/mol. The molecule has 1 aliphatic carbocycles. The minimum absolute atomic E-state index is 0.0284. The van der Waals surface area contributed by atoms with Gasteiger partial charge in [-0.25, -0.2) is 14.0 Å². The van der Waals surface area contributed by atoms with Crippen LogP contribution in [0.3, 0.4) is 0 Å². The van der Waals surface area contributed by atoms with E-state index in [1.165, 1.54) is 13.1 Å². The number of carbonyl (C=O) groups excluding carboxylic acids is 2. The maximum atomic E-state index is 14.0. The number of likely N-dealkylation sites (N-methyl/N-ethyl adjacent to an activating group) is 1. The number of carboxylic acids is 1. The first kappa shape index (κ1) is 23.9. The fourth-order valence-corrected chi connectivity index (χ4v) is 4.49. The van der Waals surface area contributed by atoms with Crippen LogP contribution in [0.15, 0.2) is 66.7 Å². The lowest BCUT2D eigenvalue weighted by Crippen LogP contribution is -2.42. The Bertz CT molecular complexity index is 1250. The summed E-state index contributed by atoms with van der Waals surface area (Å²) in [6.45, 7) is 1.70. The number of fused-ring (bicyclic) bond motifs is 3. The molecule has 1 aliphatic rings. The lowest BCUT2D eigenvalue weighted by molar-refractivity contribution is -0.142. The zero-order valence-electron chi connectivity index (χ0n) is 19.3. The highest BCUT2D eigenvalue weighted by Gasteiger charge is 2.30. The number of ether oxygens (including phenoxy) is 1. The van der Waals surface area contributed by atoms with Crippen molar-refractivity contribution in [3.63, 3.8) is 0 Å². The number of amides is 2. The van der Waals surface area contributed by atoms with E-state index < -0.39 is 29.8 Å². The van der Waals surface area contributed by atoms with Crippen molar-refractivity contribution in [2.24, 2.45) is 0 Å². The topological polar surface area (TPSA) is 95.9 Å². The van der Waals surface area contributed by atoms with Crippen molar-refractivity contribution in [1.82, 2.24) is 4.90 Å². The molecule has 0 heterocycles. The van der Waals surface area contributed by atoms with Crippen LogP contribution in [0.1, 0.15) is 40.7 Å². The minimum atomic E-state index is -1.18. The number of hydrogen-bond donors (Lipinski definition) is 2. The summed E-state index contributed by atoms with van der Waals surface area (Å²) in [6, 6.07) is 18.1. The molecule has 0 saturated heterocycles.